The van der Waals surface area contributed by atoms with Gasteiger partial charge in [-0.2, -0.15) is 0 Å². The van der Waals surface area contributed by atoms with Gasteiger partial charge in [0.05, 0.1) is 17.2 Å². The molecule has 1 aromatic carbocycles. The molecular weight excluding hydrogens is 286 g/mol. The van der Waals surface area contributed by atoms with E-state index in [1.807, 2.05) is 6.92 Å². The first kappa shape index (κ1) is 15.8. The lowest BCUT2D eigenvalue weighted by molar-refractivity contribution is 0.393. The SMILES string of the molecule is Cc1ccc(S(=O)(=O)NC(CC(C)C)c2ccco2)cc1. The minimum absolute atomic E-state index is 0.272. The molecule has 0 saturated heterocycles. The molecule has 0 bridgehead atoms. The molecule has 1 heterocycles. The van der Waals surface area contributed by atoms with Crippen molar-refractivity contribution in [3.63, 3.8) is 0 Å². The third-order valence-corrected chi connectivity index (χ3v) is 4.71. The van der Waals surface area contributed by atoms with Gasteiger partial charge in [0.1, 0.15) is 5.76 Å². The number of hydrogen-bond donors (Lipinski definition) is 1. The molecule has 0 fully saturated rings. The summed E-state index contributed by atoms with van der Waals surface area (Å²) in [6.45, 7) is 6.03. The van der Waals surface area contributed by atoms with Crippen molar-refractivity contribution < 1.29 is 12.8 Å². The van der Waals surface area contributed by atoms with E-state index in [2.05, 4.69) is 18.6 Å². The Morgan fingerprint density at radius 1 is 1.14 bits per heavy atom. The first-order chi connectivity index (χ1) is 9.88. The minimum Gasteiger partial charge on any atom is -0.468 e. The largest absolute Gasteiger partial charge is 0.468 e. The zero-order valence-electron chi connectivity index (χ0n) is 12.5. The smallest absolute Gasteiger partial charge is 0.241 e. The van der Waals surface area contributed by atoms with Crippen LogP contribution in [0.1, 0.15) is 37.6 Å². The molecule has 1 aromatic heterocycles. The summed E-state index contributed by atoms with van der Waals surface area (Å²) in [6.07, 6.45) is 2.24. The summed E-state index contributed by atoms with van der Waals surface area (Å²) in [5, 5.41) is 0. The Balaban J connectivity index is 2.24. The van der Waals surface area contributed by atoms with Crippen LogP contribution in [0, 0.1) is 12.8 Å². The van der Waals surface area contributed by atoms with Gasteiger partial charge in [0.25, 0.3) is 0 Å². The highest BCUT2D eigenvalue weighted by molar-refractivity contribution is 7.89. The maximum atomic E-state index is 12.5. The maximum absolute atomic E-state index is 12.5. The second-order valence-electron chi connectivity index (χ2n) is 5.63. The molecule has 114 valence electrons. The highest BCUT2D eigenvalue weighted by Gasteiger charge is 2.23. The van der Waals surface area contributed by atoms with E-state index in [0.717, 1.165) is 5.56 Å². The van der Waals surface area contributed by atoms with E-state index in [4.69, 9.17) is 4.42 Å². The molecule has 1 N–H and O–H groups in total. The Morgan fingerprint density at radius 3 is 2.33 bits per heavy atom. The maximum Gasteiger partial charge on any atom is 0.241 e. The molecule has 0 aliphatic carbocycles. The van der Waals surface area contributed by atoms with E-state index >= 15 is 0 Å². The summed E-state index contributed by atoms with van der Waals surface area (Å²) in [7, 11) is -3.56. The van der Waals surface area contributed by atoms with Gasteiger partial charge in [0, 0.05) is 0 Å². The monoisotopic (exact) mass is 307 g/mol. The Morgan fingerprint density at radius 2 is 1.81 bits per heavy atom. The van der Waals surface area contributed by atoms with Crippen LogP contribution in [-0.4, -0.2) is 8.42 Å². The van der Waals surface area contributed by atoms with Gasteiger partial charge >= 0.3 is 0 Å². The molecular formula is C16H21NO3S. The standard InChI is InChI=1S/C16H21NO3S/c1-12(2)11-15(16-5-4-10-20-16)17-21(18,19)14-8-6-13(3)7-9-14/h4-10,12,15,17H,11H2,1-3H3. The van der Waals surface area contributed by atoms with Gasteiger partial charge < -0.3 is 4.42 Å². The van der Waals surface area contributed by atoms with Crippen LogP contribution in [0.5, 0.6) is 0 Å². The van der Waals surface area contributed by atoms with Crippen LogP contribution in [0.15, 0.2) is 52.0 Å². The van der Waals surface area contributed by atoms with Crippen molar-refractivity contribution in [2.45, 2.75) is 38.1 Å². The molecule has 21 heavy (non-hydrogen) atoms. The third kappa shape index (κ3) is 4.19. The minimum atomic E-state index is -3.56. The zero-order chi connectivity index (χ0) is 15.5. The molecule has 2 rings (SSSR count). The average Bonchev–Trinajstić information content (AvgIpc) is 2.91. The summed E-state index contributed by atoms with van der Waals surface area (Å²) < 4.78 is 33.1. The summed E-state index contributed by atoms with van der Waals surface area (Å²) in [4.78, 5) is 0.272. The number of furan rings is 1. The first-order valence-electron chi connectivity index (χ1n) is 7.01. The van der Waals surface area contributed by atoms with Crippen molar-refractivity contribution in [3.8, 4) is 0 Å². The van der Waals surface area contributed by atoms with Crippen LogP contribution in [0.2, 0.25) is 0 Å². The molecule has 1 unspecified atom stereocenters. The van der Waals surface area contributed by atoms with Gasteiger partial charge in [-0.1, -0.05) is 31.5 Å². The summed E-state index contributed by atoms with van der Waals surface area (Å²) >= 11 is 0. The molecule has 1 atom stereocenters. The van der Waals surface area contributed by atoms with Crippen molar-refractivity contribution in [2.75, 3.05) is 0 Å². The lowest BCUT2D eigenvalue weighted by Gasteiger charge is -2.18. The van der Waals surface area contributed by atoms with E-state index in [1.54, 1.807) is 42.7 Å². The van der Waals surface area contributed by atoms with Gasteiger partial charge in [-0.15, -0.1) is 0 Å². The second-order valence-corrected chi connectivity index (χ2v) is 7.35. The number of nitrogens with one attached hydrogen (secondary N) is 1. The van der Waals surface area contributed by atoms with Crippen LogP contribution in [0.3, 0.4) is 0 Å². The summed E-state index contributed by atoms with van der Waals surface area (Å²) in [5.41, 5.74) is 1.03. The fourth-order valence-electron chi connectivity index (χ4n) is 2.16. The van der Waals surface area contributed by atoms with Gasteiger partial charge in [-0.3, -0.25) is 0 Å². The predicted octanol–water partition coefficient (Wildman–Crippen LogP) is 3.65. The summed E-state index contributed by atoms with van der Waals surface area (Å²) in [6, 6.07) is 10.0. The normalized spacial score (nSPS) is 13.5. The molecule has 0 aliphatic rings. The molecule has 0 amide bonds. The molecule has 4 nitrogen and oxygen atoms in total. The molecule has 0 aliphatic heterocycles. The Labute approximate surface area is 126 Å². The van der Waals surface area contributed by atoms with E-state index < -0.39 is 10.0 Å². The molecule has 2 aromatic rings. The van der Waals surface area contributed by atoms with Crippen LogP contribution in [-0.2, 0) is 10.0 Å². The van der Waals surface area contributed by atoms with Crippen LogP contribution < -0.4 is 4.72 Å². The van der Waals surface area contributed by atoms with Gasteiger partial charge in [0.2, 0.25) is 10.0 Å². The van der Waals surface area contributed by atoms with Gasteiger partial charge in [0.15, 0.2) is 0 Å². The second kappa shape index (κ2) is 6.45. The lowest BCUT2D eigenvalue weighted by Crippen LogP contribution is -2.29. The molecule has 0 spiro atoms. The highest BCUT2D eigenvalue weighted by Crippen LogP contribution is 2.24. The topological polar surface area (TPSA) is 59.3 Å². The van der Waals surface area contributed by atoms with Gasteiger partial charge in [-0.05, 0) is 43.5 Å². The number of rotatable bonds is 6. The number of benzene rings is 1. The number of aryl methyl sites for hydroxylation is 1. The number of sulfonamides is 1. The predicted molar refractivity (Wildman–Crippen MR) is 82.4 cm³/mol. The Hall–Kier alpha value is -1.59. The zero-order valence-corrected chi connectivity index (χ0v) is 13.4. The van der Waals surface area contributed by atoms with Crippen molar-refractivity contribution in [3.05, 3.63) is 54.0 Å². The van der Waals surface area contributed by atoms with Crippen molar-refractivity contribution >= 4 is 10.0 Å². The third-order valence-electron chi connectivity index (χ3n) is 3.22. The Kier molecular flexibility index (Phi) is 4.85. The van der Waals surface area contributed by atoms with E-state index in [0.29, 0.717) is 18.1 Å². The highest BCUT2D eigenvalue weighted by atomic mass is 32.2. The molecule has 5 heteroatoms. The van der Waals surface area contributed by atoms with Crippen LogP contribution >= 0.6 is 0 Å². The number of hydrogen-bond acceptors (Lipinski definition) is 3. The van der Waals surface area contributed by atoms with Crippen molar-refractivity contribution in [1.29, 1.82) is 0 Å². The molecule has 0 saturated carbocycles. The van der Waals surface area contributed by atoms with E-state index in [-0.39, 0.29) is 10.9 Å². The average molecular weight is 307 g/mol. The van der Waals surface area contributed by atoms with E-state index in [1.165, 1.54) is 0 Å². The first-order valence-corrected chi connectivity index (χ1v) is 8.49. The van der Waals surface area contributed by atoms with Crippen molar-refractivity contribution in [2.24, 2.45) is 5.92 Å². The quantitative estimate of drug-likeness (QED) is 0.886. The fourth-order valence-corrected chi connectivity index (χ4v) is 3.37. The van der Waals surface area contributed by atoms with Crippen molar-refractivity contribution in [1.82, 2.24) is 4.72 Å². The molecule has 0 radical (unpaired) electrons. The van der Waals surface area contributed by atoms with Crippen LogP contribution in [0.4, 0.5) is 0 Å². The van der Waals surface area contributed by atoms with E-state index in [9.17, 15) is 8.42 Å². The summed E-state index contributed by atoms with van der Waals surface area (Å²) in [5.74, 6) is 0.986. The van der Waals surface area contributed by atoms with Crippen LogP contribution in [0.25, 0.3) is 0 Å². The lowest BCUT2D eigenvalue weighted by atomic mass is 10.0. The Bertz CT molecular complexity index is 658. The fraction of sp³-hybridized carbons (Fsp3) is 0.375. The van der Waals surface area contributed by atoms with Gasteiger partial charge in [-0.25, -0.2) is 13.1 Å².